The van der Waals surface area contributed by atoms with E-state index in [0.29, 0.717) is 5.56 Å². The third kappa shape index (κ3) is 4.05. The standard InChI is InChI=1S/C17H22F3NO2/c1-16(2,12-5-4-6-13(9-12)17(18,19)20)15(23)21(3)10-14(22)11-7-8-11/h4-6,9,11,14,22H,7-8,10H2,1-3H3. The van der Waals surface area contributed by atoms with Gasteiger partial charge in [-0.05, 0) is 44.2 Å². The van der Waals surface area contributed by atoms with E-state index in [0.717, 1.165) is 25.0 Å². The summed E-state index contributed by atoms with van der Waals surface area (Å²) in [5, 5.41) is 9.95. The van der Waals surface area contributed by atoms with Crippen LogP contribution in [0, 0.1) is 5.92 Å². The molecule has 0 aliphatic heterocycles. The lowest BCUT2D eigenvalue weighted by molar-refractivity contribution is -0.139. The van der Waals surface area contributed by atoms with Crippen LogP contribution in [-0.2, 0) is 16.4 Å². The molecule has 1 aromatic carbocycles. The molecule has 3 nitrogen and oxygen atoms in total. The smallest absolute Gasteiger partial charge is 0.391 e. The molecule has 1 amide bonds. The molecule has 1 saturated carbocycles. The van der Waals surface area contributed by atoms with Crippen LogP contribution in [0.1, 0.15) is 37.8 Å². The zero-order valence-corrected chi connectivity index (χ0v) is 13.5. The number of aliphatic hydroxyl groups is 1. The average Bonchev–Trinajstić information content (AvgIpc) is 3.30. The minimum absolute atomic E-state index is 0.200. The number of hydrogen-bond donors (Lipinski definition) is 1. The average molecular weight is 329 g/mol. The number of nitrogens with zero attached hydrogens (tertiary/aromatic N) is 1. The van der Waals surface area contributed by atoms with E-state index in [9.17, 15) is 23.1 Å². The normalized spacial score (nSPS) is 17.0. The van der Waals surface area contributed by atoms with Gasteiger partial charge in [0, 0.05) is 13.6 Å². The van der Waals surface area contributed by atoms with E-state index in [1.807, 2.05) is 0 Å². The SMILES string of the molecule is CN(CC(O)C1CC1)C(=O)C(C)(C)c1cccc(C(F)(F)F)c1. The second-order valence-corrected chi connectivity index (χ2v) is 6.79. The molecule has 0 heterocycles. The van der Waals surface area contributed by atoms with Crippen molar-refractivity contribution in [1.29, 1.82) is 0 Å². The lowest BCUT2D eigenvalue weighted by Crippen LogP contribution is -2.44. The fourth-order valence-corrected chi connectivity index (χ4v) is 2.68. The van der Waals surface area contributed by atoms with Crippen molar-refractivity contribution in [2.24, 2.45) is 5.92 Å². The number of rotatable bonds is 5. The van der Waals surface area contributed by atoms with Gasteiger partial charge in [0.15, 0.2) is 0 Å². The van der Waals surface area contributed by atoms with E-state index in [1.54, 1.807) is 20.9 Å². The molecule has 1 N–H and O–H groups in total. The minimum atomic E-state index is -4.44. The summed E-state index contributed by atoms with van der Waals surface area (Å²) in [4.78, 5) is 14.0. The number of likely N-dealkylation sites (N-methyl/N-ethyl adjacent to an activating group) is 1. The molecule has 0 bridgehead atoms. The Balaban J connectivity index is 2.17. The van der Waals surface area contributed by atoms with E-state index >= 15 is 0 Å². The molecule has 6 heteroatoms. The Morgan fingerprint density at radius 1 is 1.30 bits per heavy atom. The Morgan fingerprint density at radius 2 is 1.87 bits per heavy atom. The Kier molecular flexibility index (Phi) is 4.76. The van der Waals surface area contributed by atoms with Gasteiger partial charge in [0.2, 0.25) is 5.91 Å². The van der Waals surface area contributed by atoms with Crippen molar-refractivity contribution in [1.82, 2.24) is 4.90 Å². The maximum Gasteiger partial charge on any atom is 0.416 e. The molecule has 0 aromatic heterocycles. The number of amides is 1. The first-order valence-corrected chi connectivity index (χ1v) is 7.65. The van der Waals surface area contributed by atoms with E-state index in [4.69, 9.17) is 0 Å². The number of carbonyl (C=O) groups excluding carboxylic acids is 1. The van der Waals surface area contributed by atoms with Crippen LogP contribution >= 0.6 is 0 Å². The molecule has 1 aromatic rings. The van der Waals surface area contributed by atoms with Crippen LogP contribution < -0.4 is 0 Å². The van der Waals surface area contributed by atoms with Crippen molar-refractivity contribution in [3.63, 3.8) is 0 Å². The number of hydrogen-bond acceptors (Lipinski definition) is 2. The molecule has 0 saturated heterocycles. The van der Waals surface area contributed by atoms with Crippen molar-refractivity contribution < 1.29 is 23.1 Å². The van der Waals surface area contributed by atoms with Gasteiger partial charge in [-0.2, -0.15) is 13.2 Å². The first-order valence-electron chi connectivity index (χ1n) is 7.65. The maximum atomic E-state index is 12.9. The summed E-state index contributed by atoms with van der Waals surface area (Å²) >= 11 is 0. The summed E-state index contributed by atoms with van der Waals surface area (Å²) in [5.74, 6) is -0.0709. The molecule has 0 radical (unpaired) electrons. The lowest BCUT2D eigenvalue weighted by Gasteiger charge is -2.31. The highest BCUT2D eigenvalue weighted by Crippen LogP contribution is 2.35. The number of carbonyl (C=O) groups is 1. The Labute approximate surface area is 134 Å². The predicted octanol–water partition coefficient (Wildman–Crippen LogP) is 3.21. The Bertz CT molecular complexity index is 579. The van der Waals surface area contributed by atoms with Crippen molar-refractivity contribution in [2.45, 2.75) is 44.4 Å². The van der Waals surface area contributed by atoms with Gasteiger partial charge in [0.25, 0.3) is 0 Å². The first-order chi connectivity index (χ1) is 10.5. The predicted molar refractivity (Wildman–Crippen MR) is 80.8 cm³/mol. The third-order valence-corrected chi connectivity index (χ3v) is 4.42. The maximum absolute atomic E-state index is 12.9. The van der Waals surface area contributed by atoms with E-state index < -0.39 is 23.3 Å². The molecule has 128 valence electrons. The fourth-order valence-electron chi connectivity index (χ4n) is 2.68. The second kappa shape index (κ2) is 6.15. The molecular formula is C17H22F3NO2. The number of halogens is 3. The molecule has 1 aliphatic rings. The molecule has 2 rings (SSSR count). The molecule has 1 aliphatic carbocycles. The quantitative estimate of drug-likeness (QED) is 0.901. The number of benzene rings is 1. The van der Waals surface area contributed by atoms with Gasteiger partial charge >= 0.3 is 6.18 Å². The summed E-state index contributed by atoms with van der Waals surface area (Å²) in [7, 11) is 1.57. The summed E-state index contributed by atoms with van der Waals surface area (Å²) < 4.78 is 38.6. The number of alkyl halides is 3. The van der Waals surface area contributed by atoms with Crippen LogP contribution in [0.25, 0.3) is 0 Å². The van der Waals surface area contributed by atoms with Gasteiger partial charge in [0.05, 0.1) is 17.1 Å². The zero-order chi connectivity index (χ0) is 17.4. The summed E-state index contributed by atoms with van der Waals surface area (Å²) in [5.41, 5.74) is -1.55. The monoisotopic (exact) mass is 329 g/mol. The van der Waals surface area contributed by atoms with E-state index in [2.05, 4.69) is 0 Å². The van der Waals surface area contributed by atoms with Crippen molar-refractivity contribution in [3.8, 4) is 0 Å². The topological polar surface area (TPSA) is 40.5 Å². The second-order valence-electron chi connectivity index (χ2n) is 6.79. The molecular weight excluding hydrogens is 307 g/mol. The molecule has 1 fully saturated rings. The highest BCUT2D eigenvalue weighted by atomic mass is 19.4. The molecule has 1 unspecified atom stereocenters. The summed E-state index contributed by atoms with van der Waals surface area (Å²) in [6, 6.07) is 4.85. The Morgan fingerprint density at radius 3 is 2.39 bits per heavy atom. The van der Waals surface area contributed by atoms with Crippen LogP contribution in [0.2, 0.25) is 0 Å². The van der Waals surface area contributed by atoms with Gasteiger partial charge in [-0.25, -0.2) is 0 Å². The van der Waals surface area contributed by atoms with Crippen LogP contribution in [-0.4, -0.2) is 35.6 Å². The van der Waals surface area contributed by atoms with Crippen LogP contribution in [0.15, 0.2) is 24.3 Å². The molecule has 23 heavy (non-hydrogen) atoms. The van der Waals surface area contributed by atoms with Crippen LogP contribution in [0.5, 0.6) is 0 Å². The largest absolute Gasteiger partial charge is 0.416 e. The number of aliphatic hydroxyl groups excluding tert-OH is 1. The van der Waals surface area contributed by atoms with E-state index in [-0.39, 0.29) is 18.4 Å². The van der Waals surface area contributed by atoms with Gasteiger partial charge in [-0.1, -0.05) is 18.2 Å². The van der Waals surface area contributed by atoms with Crippen molar-refractivity contribution >= 4 is 5.91 Å². The van der Waals surface area contributed by atoms with Gasteiger partial charge in [-0.3, -0.25) is 4.79 Å². The fraction of sp³-hybridized carbons (Fsp3) is 0.588. The third-order valence-electron chi connectivity index (χ3n) is 4.42. The van der Waals surface area contributed by atoms with Gasteiger partial charge in [-0.15, -0.1) is 0 Å². The van der Waals surface area contributed by atoms with Crippen LogP contribution in [0.3, 0.4) is 0 Å². The van der Waals surface area contributed by atoms with Crippen LogP contribution in [0.4, 0.5) is 13.2 Å². The van der Waals surface area contributed by atoms with E-state index in [1.165, 1.54) is 17.0 Å². The lowest BCUT2D eigenvalue weighted by atomic mass is 9.82. The zero-order valence-electron chi connectivity index (χ0n) is 13.5. The van der Waals surface area contributed by atoms with Crippen molar-refractivity contribution in [3.05, 3.63) is 35.4 Å². The molecule has 1 atom stereocenters. The van der Waals surface area contributed by atoms with Crippen molar-refractivity contribution in [2.75, 3.05) is 13.6 Å². The minimum Gasteiger partial charge on any atom is -0.391 e. The summed E-state index contributed by atoms with van der Waals surface area (Å²) in [6.07, 6.45) is -3.09. The summed E-state index contributed by atoms with van der Waals surface area (Å²) in [6.45, 7) is 3.40. The first kappa shape index (κ1) is 17.8. The Hall–Kier alpha value is -1.56. The highest BCUT2D eigenvalue weighted by Gasteiger charge is 2.38. The highest BCUT2D eigenvalue weighted by molar-refractivity contribution is 5.87. The van der Waals surface area contributed by atoms with Gasteiger partial charge < -0.3 is 10.0 Å². The van der Waals surface area contributed by atoms with Gasteiger partial charge in [0.1, 0.15) is 0 Å². The molecule has 0 spiro atoms.